The molecule has 1 saturated carbocycles. The van der Waals surface area contributed by atoms with Gasteiger partial charge in [0.25, 0.3) is 0 Å². The summed E-state index contributed by atoms with van der Waals surface area (Å²) in [6, 6.07) is 6.81. The molecule has 0 heterocycles. The third kappa shape index (κ3) is 5.54. The number of rotatable bonds is 5. The molecule has 1 unspecified atom stereocenters. The molecule has 1 aromatic rings. The van der Waals surface area contributed by atoms with Crippen LogP contribution in [0.15, 0.2) is 29.3 Å². The standard InChI is InChI=1S/C17H26FN3O/c1-13(22-16-11-7-6-10-15(16)18)12-20-17(19)21-14-8-4-2-3-5-9-14/h6-7,10-11,13-14H,2-5,8-9,12H2,1H3,(H3,19,20,21). The lowest BCUT2D eigenvalue weighted by Crippen LogP contribution is -2.40. The molecule has 22 heavy (non-hydrogen) atoms. The second kappa shape index (κ2) is 8.61. The molecular formula is C17H26FN3O. The maximum Gasteiger partial charge on any atom is 0.188 e. The summed E-state index contributed by atoms with van der Waals surface area (Å²) in [5.74, 6) is 0.347. The lowest BCUT2D eigenvalue weighted by atomic mass is 10.1. The SMILES string of the molecule is CC(CN=C(N)NC1CCCCCC1)Oc1ccccc1F. The van der Waals surface area contributed by atoms with Gasteiger partial charge in [-0.1, -0.05) is 37.8 Å². The fraction of sp³-hybridized carbons (Fsp3) is 0.588. The molecule has 0 aliphatic heterocycles. The minimum absolute atomic E-state index is 0.230. The number of guanidine groups is 1. The van der Waals surface area contributed by atoms with Gasteiger partial charge in [0.15, 0.2) is 17.5 Å². The van der Waals surface area contributed by atoms with Crippen molar-refractivity contribution in [2.75, 3.05) is 6.54 Å². The molecule has 2 rings (SSSR count). The Kier molecular flexibility index (Phi) is 6.49. The largest absolute Gasteiger partial charge is 0.486 e. The first kappa shape index (κ1) is 16.6. The molecule has 0 saturated heterocycles. The Morgan fingerprint density at radius 3 is 2.68 bits per heavy atom. The van der Waals surface area contributed by atoms with Crippen molar-refractivity contribution in [2.24, 2.45) is 10.7 Å². The number of nitrogens with two attached hydrogens (primary N) is 1. The smallest absolute Gasteiger partial charge is 0.188 e. The first-order valence-electron chi connectivity index (χ1n) is 8.13. The highest BCUT2D eigenvalue weighted by molar-refractivity contribution is 5.78. The average Bonchev–Trinajstić information content (AvgIpc) is 2.76. The Labute approximate surface area is 132 Å². The molecule has 0 radical (unpaired) electrons. The Hall–Kier alpha value is -1.78. The van der Waals surface area contributed by atoms with Gasteiger partial charge < -0.3 is 15.8 Å². The van der Waals surface area contributed by atoms with Crippen molar-refractivity contribution in [3.05, 3.63) is 30.1 Å². The maximum absolute atomic E-state index is 13.5. The molecule has 0 spiro atoms. The highest BCUT2D eigenvalue weighted by atomic mass is 19.1. The molecule has 4 nitrogen and oxygen atoms in total. The molecule has 0 aromatic heterocycles. The predicted octanol–water partition coefficient (Wildman–Crippen LogP) is 3.22. The van der Waals surface area contributed by atoms with E-state index in [1.165, 1.54) is 31.7 Å². The summed E-state index contributed by atoms with van der Waals surface area (Å²) in [4.78, 5) is 4.31. The van der Waals surface area contributed by atoms with Gasteiger partial charge in [-0.05, 0) is 31.9 Å². The van der Waals surface area contributed by atoms with Crippen molar-refractivity contribution >= 4 is 5.96 Å². The lowest BCUT2D eigenvalue weighted by molar-refractivity contribution is 0.220. The highest BCUT2D eigenvalue weighted by Gasteiger charge is 2.13. The van der Waals surface area contributed by atoms with Crippen LogP contribution in [-0.2, 0) is 0 Å². The van der Waals surface area contributed by atoms with Crippen LogP contribution in [0.1, 0.15) is 45.4 Å². The maximum atomic E-state index is 13.5. The van der Waals surface area contributed by atoms with Crippen LogP contribution in [0.2, 0.25) is 0 Å². The van der Waals surface area contributed by atoms with E-state index in [0.29, 0.717) is 18.5 Å². The first-order valence-corrected chi connectivity index (χ1v) is 8.13. The van der Waals surface area contributed by atoms with Gasteiger partial charge in [-0.25, -0.2) is 9.38 Å². The molecular weight excluding hydrogens is 281 g/mol. The van der Waals surface area contributed by atoms with Crippen LogP contribution < -0.4 is 15.8 Å². The van der Waals surface area contributed by atoms with E-state index in [9.17, 15) is 4.39 Å². The van der Waals surface area contributed by atoms with E-state index >= 15 is 0 Å². The second-order valence-corrected chi connectivity index (χ2v) is 5.92. The van der Waals surface area contributed by atoms with E-state index in [-0.39, 0.29) is 17.7 Å². The molecule has 0 bridgehead atoms. The average molecular weight is 307 g/mol. The number of nitrogens with zero attached hydrogens (tertiary/aromatic N) is 1. The fourth-order valence-corrected chi connectivity index (χ4v) is 2.70. The van der Waals surface area contributed by atoms with Crippen LogP contribution in [0, 0.1) is 5.82 Å². The molecule has 3 N–H and O–H groups in total. The van der Waals surface area contributed by atoms with E-state index in [4.69, 9.17) is 10.5 Å². The molecule has 1 atom stereocenters. The number of nitrogens with one attached hydrogen (secondary N) is 1. The zero-order valence-corrected chi connectivity index (χ0v) is 13.2. The summed E-state index contributed by atoms with van der Waals surface area (Å²) in [6.07, 6.45) is 7.18. The van der Waals surface area contributed by atoms with E-state index in [2.05, 4.69) is 10.3 Å². The lowest BCUT2D eigenvalue weighted by Gasteiger charge is -2.18. The number of aliphatic imine (C=N–C) groups is 1. The minimum atomic E-state index is -0.358. The summed E-state index contributed by atoms with van der Waals surface area (Å²) in [5, 5.41) is 3.29. The molecule has 122 valence electrons. The van der Waals surface area contributed by atoms with Gasteiger partial charge in [-0.3, -0.25) is 0 Å². The summed E-state index contributed by atoms with van der Waals surface area (Å²) in [6.45, 7) is 2.26. The minimum Gasteiger partial charge on any atom is -0.486 e. The monoisotopic (exact) mass is 307 g/mol. The number of hydrogen-bond donors (Lipinski definition) is 2. The van der Waals surface area contributed by atoms with E-state index in [1.54, 1.807) is 18.2 Å². The third-order valence-corrected chi connectivity index (χ3v) is 3.89. The summed E-state index contributed by atoms with van der Waals surface area (Å²) in [5.41, 5.74) is 5.94. The zero-order valence-electron chi connectivity index (χ0n) is 13.2. The number of halogens is 1. The van der Waals surface area contributed by atoms with Crippen LogP contribution in [-0.4, -0.2) is 24.7 Å². The quantitative estimate of drug-likeness (QED) is 0.499. The van der Waals surface area contributed by atoms with Gasteiger partial charge >= 0.3 is 0 Å². The number of hydrogen-bond acceptors (Lipinski definition) is 2. The fourth-order valence-electron chi connectivity index (χ4n) is 2.70. The van der Waals surface area contributed by atoms with Crippen molar-refractivity contribution in [3.63, 3.8) is 0 Å². The van der Waals surface area contributed by atoms with Gasteiger partial charge in [0.05, 0.1) is 6.54 Å². The normalized spacial score (nSPS) is 18.5. The van der Waals surface area contributed by atoms with Gasteiger partial charge in [0.2, 0.25) is 0 Å². The molecule has 1 aliphatic rings. The summed E-state index contributed by atoms with van der Waals surface area (Å²) in [7, 11) is 0. The Morgan fingerprint density at radius 1 is 1.32 bits per heavy atom. The van der Waals surface area contributed by atoms with Crippen molar-refractivity contribution in [1.29, 1.82) is 0 Å². The van der Waals surface area contributed by atoms with Gasteiger partial charge in [-0.15, -0.1) is 0 Å². The van der Waals surface area contributed by atoms with Gasteiger partial charge in [0.1, 0.15) is 6.10 Å². The Morgan fingerprint density at radius 2 is 2.00 bits per heavy atom. The van der Waals surface area contributed by atoms with Crippen LogP contribution in [0.3, 0.4) is 0 Å². The van der Waals surface area contributed by atoms with Gasteiger partial charge in [0, 0.05) is 6.04 Å². The summed E-state index contributed by atoms with van der Waals surface area (Å²) >= 11 is 0. The first-order chi connectivity index (χ1) is 10.6. The van der Waals surface area contributed by atoms with Gasteiger partial charge in [-0.2, -0.15) is 0 Å². The van der Waals surface area contributed by atoms with Crippen molar-refractivity contribution in [2.45, 2.75) is 57.6 Å². The van der Waals surface area contributed by atoms with Crippen molar-refractivity contribution < 1.29 is 9.13 Å². The van der Waals surface area contributed by atoms with Crippen LogP contribution in [0.4, 0.5) is 4.39 Å². The van der Waals surface area contributed by atoms with E-state index in [0.717, 1.165) is 12.8 Å². The molecule has 1 aromatic carbocycles. The Bertz CT molecular complexity index is 485. The molecule has 1 aliphatic carbocycles. The number of ether oxygens (including phenoxy) is 1. The predicted molar refractivity (Wildman–Crippen MR) is 87.6 cm³/mol. The second-order valence-electron chi connectivity index (χ2n) is 5.92. The summed E-state index contributed by atoms with van der Waals surface area (Å²) < 4.78 is 19.0. The van der Waals surface area contributed by atoms with Crippen molar-refractivity contribution in [3.8, 4) is 5.75 Å². The van der Waals surface area contributed by atoms with Crippen LogP contribution in [0.25, 0.3) is 0 Å². The molecule has 1 fully saturated rings. The topological polar surface area (TPSA) is 59.6 Å². The molecule has 0 amide bonds. The molecule has 5 heteroatoms. The number of para-hydroxylation sites is 1. The third-order valence-electron chi connectivity index (χ3n) is 3.89. The zero-order chi connectivity index (χ0) is 15.8. The van der Waals surface area contributed by atoms with Crippen molar-refractivity contribution in [1.82, 2.24) is 5.32 Å². The van der Waals surface area contributed by atoms with Crippen LogP contribution >= 0.6 is 0 Å². The van der Waals surface area contributed by atoms with E-state index in [1.807, 2.05) is 6.92 Å². The Balaban J connectivity index is 1.78. The van der Waals surface area contributed by atoms with Crippen LogP contribution in [0.5, 0.6) is 5.75 Å². The highest BCUT2D eigenvalue weighted by Crippen LogP contribution is 2.18. The number of benzene rings is 1. The van der Waals surface area contributed by atoms with E-state index < -0.39 is 0 Å².